The van der Waals surface area contributed by atoms with E-state index >= 15 is 0 Å². The third kappa shape index (κ3) is 4.64. The summed E-state index contributed by atoms with van der Waals surface area (Å²) in [4.78, 5) is 28.6. The Balaban J connectivity index is 1.98. The van der Waals surface area contributed by atoms with Crippen molar-refractivity contribution in [2.75, 3.05) is 11.5 Å². The molecule has 0 unspecified atom stereocenters. The average Bonchev–Trinajstić information content (AvgIpc) is 3.33. The maximum Gasteiger partial charge on any atom is 0.341 e. The second kappa shape index (κ2) is 9.37. The van der Waals surface area contributed by atoms with Crippen LogP contribution in [0.2, 0.25) is 0 Å². The van der Waals surface area contributed by atoms with Gasteiger partial charge in [0.15, 0.2) is 0 Å². The Morgan fingerprint density at radius 3 is 2.46 bits per heavy atom. The zero-order valence-electron chi connectivity index (χ0n) is 16.9. The van der Waals surface area contributed by atoms with Gasteiger partial charge < -0.3 is 9.64 Å². The summed E-state index contributed by atoms with van der Waals surface area (Å²) < 4.78 is 5.29. The molecular formula is C23H29NO3S. The van der Waals surface area contributed by atoms with Crippen LogP contribution in [0.1, 0.15) is 63.2 Å². The Morgan fingerprint density at radius 1 is 1.18 bits per heavy atom. The van der Waals surface area contributed by atoms with Crippen LogP contribution >= 0.6 is 11.3 Å². The van der Waals surface area contributed by atoms with Crippen LogP contribution in [0.3, 0.4) is 0 Å². The monoisotopic (exact) mass is 399 g/mol. The first-order valence-electron chi connectivity index (χ1n) is 10.2. The number of thiophene rings is 1. The highest BCUT2D eigenvalue weighted by Crippen LogP contribution is 2.40. The number of nitrogens with zero attached hydrogens (tertiary/aromatic N) is 1. The number of amides is 1. The number of carbonyl (C=O) groups excluding carboxylic acids is 2. The van der Waals surface area contributed by atoms with Crippen LogP contribution in [0.5, 0.6) is 0 Å². The van der Waals surface area contributed by atoms with Crippen LogP contribution in [-0.2, 0) is 9.53 Å². The molecule has 0 aliphatic heterocycles. The molecule has 1 aliphatic rings. The van der Waals surface area contributed by atoms with Gasteiger partial charge in [-0.25, -0.2) is 4.79 Å². The number of hydrogen-bond acceptors (Lipinski definition) is 4. The molecule has 28 heavy (non-hydrogen) atoms. The van der Waals surface area contributed by atoms with E-state index in [0.29, 0.717) is 29.5 Å². The maximum absolute atomic E-state index is 13.2. The molecular weight excluding hydrogens is 370 g/mol. The smallest absolute Gasteiger partial charge is 0.341 e. The Bertz CT molecular complexity index is 807. The van der Waals surface area contributed by atoms with E-state index in [1.54, 1.807) is 6.92 Å². The van der Waals surface area contributed by atoms with Gasteiger partial charge in [-0.3, -0.25) is 4.79 Å². The summed E-state index contributed by atoms with van der Waals surface area (Å²) in [5.41, 5.74) is 1.52. The van der Waals surface area contributed by atoms with Gasteiger partial charge in [-0.2, -0.15) is 0 Å². The van der Waals surface area contributed by atoms with Crippen LogP contribution < -0.4 is 4.90 Å². The molecule has 0 spiro atoms. The lowest BCUT2D eigenvalue weighted by atomic mass is 10.0. The Hall–Kier alpha value is -2.14. The highest BCUT2D eigenvalue weighted by molar-refractivity contribution is 7.20. The molecule has 1 aromatic heterocycles. The summed E-state index contributed by atoms with van der Waals surface area (Å²) in [6.07, 6.45) is 5.24. The van der Waals surface area contributed by atoms with Gasteiger partial charge in [0, 0.05) is 17.3 Å². The van der Waals surface area contributed by atoms with Gasteiger partial charge in [0.1, 0.15) is 5.00 Å². The number of carbonyl (C=O) groups is 2. The Kier molecular flexibility index (Phi) is 6.89. The molecule has 0 atom stereocenters. The topological polar surface area (TPSA) is 46.6 Å². The zero-order valence-corrected chi connectivity index (χ0v) is 17.8. The number of benzene rings is 1. The second-order valence-corrected chi connectivity index (χ2v) is 8.66. The first-order valence-corrected chi connectivity index (χ1v) is 11.0. The molecule has 0 N–H and O–H groups in total. The van der Waals surface area contributed by atoms with Crippen molar-refractivity contribution >= 4 is 28.2 Å². The van der Waals surface area contributed by atoms with Gasteiger partial charge in [-0.15, -0.1) is 11.3 Å². The summed E-state index contributed by atoms with van der Waals surface area (Å²) in [5.74, 6) is 0.206. The fourth-order valence-electron chi connectivity index (χ4n) is 3.86. The van der Waals surface area contributed by atoms with Crippen molar-refractivity contribution in [3.05, 3.63) is 42.0 Å². The van der Waals surface area contributed by atoms with E-state index in [9.17, 15) is 9.59 Å². The van der Waals surface area contributed by atoms with E-state index in [2.05, 4.69) is 0 Å². The number of rotatable bonds is 7. The highest BCUT2D eigenvalue weighted by atomic mass is 32.1. The molecule has 0 bridgehead atoms. The van der Waals surface area contributed by atoms with Crippen molar-refractivity contribution < 1.29 is 14.3 Å². The molecule has 0 radical (unpaired) electrons. The lowest BCUT2D eigenvalue weighted by molar-refractivity contribution is -0.119. The molecule has 150 valence electrons. The van der Waals surface area contributed by atoms with Crippen LogP contribution in [0.25, 0.3) is 10.4 Å². The molecule has 1 heterocycles. The van der Waals surface area contributed by atoms with Crippen molar-refractivity contribution in [3.8, 4) is 10.4 Å². The van der Waals surface area contributed by atoms with Gasteiger partial charge in [0.2, 0.25) is 5.91 Å². The van der Waals surface area contributed by atoms with Crippen LogP contribution in [-0.4, -0.2) is 24.5 Å². The number of anilines is 1. The number of ether oxygens (including phenoxy) is 1. The standard InChI is InChI=1S/C23H29NO3S/c1-4-27-23(26)19-15-20(18-12-6-5-7-13-18)28-22(19)24(16(2)3)21(25)14-17-10-8-9-11-17/h5-7,12-13,15-17H,4,8-11,14H2,1-3H3. The predicted octanol–water partition coefficient (Wildman–Crippen LogP) is 5.91. The average molecular weight is 400 g/mol. The van der Waals surface area contributed by atoms with Crippen molar-refractivity contribution in [2.45, 2.75) is 58.9 Å². The van der Waals surface area contributed by atoms with Gasteiger partial charge in [-0.1, -0.05) is 43.2 Å². The molecule has 1 aromatic carbocycles. The molecule has 1 amide bonds. The first kappa shape index (κ1) is 20.6. The summed E-state index contributed by atoms with van der Waals surface area (Å²) in [7, 11) is 0. The molecule has 3 rings (SSSR count). The molecule has 0 saturated heterocycles. The van der Waals surface area contributed by atoms with Gasteiger partial charge >= 0.3 is 5.97 Å². The summed E-state index contributed by atoms with van der Waals surface area (Å²) in [6, 6.07) is 11.8. The highest BCUT2D eigenvalue weighted by Gasteiger charge is 2.30. The molecule has 5 heteroatoms. The number of esters is 1. The maximum atomic E-state index is 13.2. The van der Waals surface area contributed by atoms with Gasteiger partial charge in [-0.05, 0) is 51.2 Å². The number of hydrogen-bond donors (Lipinski definition) is 0. The van der Waals surface area contributed by atoms with Crippen molar-refractivity contribution in [2.24, 2.45) is 5.92 Å². The molecule has 1 saturated carbocycles. The molecule has 1 aliphatic carbocycles. The Labute approximate surface area is 171 Å². The lowest BCUT2D eigenvalue weighted by Gasteiger charge is -2.27. The minimum Gasteiger partial charge on any atom is -0.462 e. The van der Waals surface area contributed by atoms with E-state index in [0.717, 1.165) is 23.3 Å². The van der Waals surface area contributed by atoms with Crippen LogP contribution in [0, 0.1) is 5.92 Å². The van der Waals surface area contributed by atoms with E-state index in [1.807, 2.05) is 55.1 Å². The third-order valence-corrected chi connectivity index (χ3v) is 6.39. The fraction of sp³-hybridized carbons (Fsp3) is 0.478. The van der Waals surface area contributed by atoms with E-state index < -0.39 is 0 Å². The van der Waals surface area contributed by atoms with Gasteiger partial charge in [0.25, 0.3) is 0 Å². The first-order chi connectivity index (χ1) is 13.5. The summed E-state index contributed by atoms with van der Waals surface area (Å²) in [5, 5.41) is 0.704. The zero-order chi connectivity index (χ0) is 20.1. The lowest BCUT2D eigenvalue weighted by Crippen LogP contribution is -2.38. The quantitative estimate of drug-likeness (QED) is 0.543. The predicted molar refractivity (Wildman–Crippen MR) is 115 cm³/mol. The minimum absolute atomic E-state index is 0.0237. The fourth-order valence-corrected chi connectivity index (χ4v) is 5.16. The van der Waals surface area contributed by atoms with E-state index in [-0.39, 0.29) is 17.9 Å². The molecule has 1 fully saturated rings. The largest absolute Gasteiger partial charge is 0.462 e. The normalized spacial score (nSPS) is 14.4. The van der Waals surface area contributed by atoms with Crippen molar-refractivity contribution in [1.82, 2.24) is 0 Å². The molecule has 2 aromatic rings. The third-order valence-electron chi connectivity index (χ3n) is 5.21. The summed E-state index contributed by atoms with van der Waals surface area (Å²) in [6.45, 7) is 6.12. The van der Waals surface area contributed by atoms with Crippen molar-refractivity contribution in [1.29, 1.82) is 0 Å². The van der Waals surface area contributed by atoms with Crippen molar-refractivity contribution in [3.63, 3.8) is 0 Å². The second-order valence-electron chi connectivity index (χ2n) is 7.63. The molecule has 4 nitrogen and oxygen atoms in total. The SMILES string of the molecule is CCOC(=O)c1cc(-c2ccccc2)sc1N(C(=O)CC1CCCC1)C(C)C. The van der Waals surface area contributed by atoms with Gasteiger partial charge in [0.05, 0.1) is 12.2 Å². The van der Waals surface area contributed by atoms with Crippen LogP contribution in [0.15, 0.2) is 36.4 Å². The Morgan fingerprint density at radius 2 is 1.86 bits per heavy atom. The summed E-state index contributed by atoms with van der Waals surface area (Å²) >= 11 is 1.49. The van der Waals surface area contributed by atoms with Crippen LogP contribution in [0.4, 0.5) is 5.00 Å². The van der Waals surface area contributed by atoms with E-state index in [4.69, 9.17) is 4.74 Å². The minimum atomic E-state index is -0.366. The van der Waals surface area contributed by atoms with E-state index in [1.165, 1.54) is 24.2 Å².